The topological polar surface area (TPSA) is 3.24 Å². The quantitative estimate of drug-likeness (QED) is 0.705. The minimum atomic E-state index is 0.747. The molecular weight excluding hydrogens is 190 g/mol. The molecule has 0 bridgehead atoms. The summed E-state index contributed by atoms with van der Waals surface area (Å²) in [5, 5.41) is 0. The fourth-order valence-corrected chi connectivity index (χ4v) is 2.43. The molecule has 0 saturated carbocycles. The molecule has 0 aromatic carbocycles. The predicted octanol–water partition coefficient (Wildman–Crippen LogP) is 3.06. The van der Waals surface area contributed by atoms with E-state index >= 15 is 0 Å². The van der Waals surface area contributed by atoms with Crippen molar-refractivity contribution in [3.63, 3.8) is 0 Å². The van der Waals surface area contributed by atoms with Gasteiger partial charge in [0.1, 0.15) is 0 Å². The Kier molecular flexibility index (Phi) is 5.95. The Balaban J connectivity index is 2.27. The normalized spacial score (nSPS) is 27.2. The second-order valence-electron chi connectivity index (χ2n) is 4.79. The highest BCUT2D eigenvalue weighted by atomic mass is 32.1. The molecular formula is C12H25NS. The standard InChI is InChI=1S/C12H25NS/c1-3-12-5-4-7-13(8-6-12)9-11(2)10-14/h11-12,14H,3-10H2,1-2H3. The van der Waals surface area contributed by atoms with Gasteiger partial charge in [-0.1, -0.05) is 20.3 Å². The van der Waals surface area contributed by atoms with Gasteiger partial charge in [-0.15, -0.1) is 0 Å². The number of rotatable bonds is 4. The molecule has 1 saturated heterocycles. The van der Waals surface area contributed by atoms with Crippen LogP contribution in [0.5, 0.6) is 0 Å². The van der Waals surface area contributed by atoms with Crippen LogP contribution in [0.1, 0.15) is 39.5 Å². The Labute approximate surface area is 94.7 Å². The summed E-state index contributed by atoms with van der Waals surface area (Å²) in [6.45, 7) is 8.51. The van der Waals surface area contributed by atoms with E-state index in [1.807, 2.05) is 0 Å². The average Bonchev–Trinajstić information content (AvgIpc) is 2.43. The van der Waals surface area contributed by atoms with Crippen molar-refractivity contribution in [3.8, 4) is 0 Å². The van der Waals surface area contributed by atoms with Gasteiger partial charge in [0, 0.05) is 6.54 Å². The molecule has 1 rings (SSSR count). The van der Waals surface area contributed by atoms with E-state index in [4.69, 9.17) is 0 Å². The molecule has 0 N–H and O–H groups in total. The van der Waals surface area contributed by atoms with Crippen LogP contribution in [0.3, 0.4) is 0 Å². The summed E-state index contributed by atoms with van der Waals surface area (Å²) < 4.78 is 0. The van der Waals surface area contributed by atoms with Crippen molar-refractivity contribution in [2.75, 3.05) is 25.4 Å². The van der Waals surface area contributed by atoms with Crippen molar-refractivity contribution in [2.45, 2.75) is 39.5 Å². The smallest absolute Gasteiger partial charge is 0.00148 e. The van der Waals surface area contributed by atoms with E-state index in [1.54, 1.807) is 0 Å². The van der Waals surface area contributed by atoms with Crippen LogP contribution in [-0.2, 0) is 0 Å². The molecule has 0 spiro atoms. The van der Waals surface area contributed by atoms with Gasteiger partial charge < -0.3 is 4.90 Å². The highest BCUT2D eigenvalue weighted by Crippen LogP contribution is 2.20. The third-order valence-corrected chi connectivity index (χ3v) is 4.02. The van der Waals surface area contributed by atoms with E-state index < -0.39 is 0 Å². The molecule has 1 heterocycles. The van der Waals surface area contributed by atoms with Crippen LogP contribution in [0.15, 0.2) is 0 Å². The van der Waals surface area contributed by atoms with Crippen molar-refractivity contribution in [1.29, 1.82) is 0 Å². The monoisotopic (exact) mass is 215 g/mol. The Bertz CT molecular complexity index is 149. The molecule has 1 fully saturated rings. The van der Waals surface area contributed by atoms with Gasteiger partial charge in [-0.3, -0.25) is 0 Å². The van der Waals surface area contributed by atoms with Crippen molar-refractivity contribution in [3.05, 3.63) is 0 Å². The van der Waals surface area contributed by atoms with E-state index in [0.717, 1.165) is 17.6 Å². The minimum Gasteiger partial charge on any atom is -0.303 e. The second kappa shape index (κ2) is 6.73. The van der Waals surface area contributed by atoms with Crippen molar-refractivity contribution >= 4 is 12.6 Å². The average molecular weight is 215 g/mol. The van der Waals surface area contributed by atoms with Crippen LogP contribution in [0, 0.1) is 11.8 Å². The summed E-state index contributed by atoms with van der Waals surface area (Å²) in [5.74, 6) is 2.76. The molecule has 84 valence electrons. The molecule has 0 radical (unpaired) electrons. The van der Waals surface area contributed by atoms with Gasteiger partial charge in [0.2, 0.25) is 0 Å². The van der Waals surface area contributed by atoms with Gasteiger partial charge in [-0.05, 0) is 49.9 Å². The van der Waals surface area contributed by atoms with E-state index in [0.29, 0.717) is 0 Å². The third kappa shape index (κ3) is 4.22. The highest BCUT2D eigenvalue weighted by molar-refractivity contribution is 7.80. The molecule has 0 amide bonds. The first-order valence-electron chi connectivity index (χ1n) is 6.09. The zero-order valence-electron chi connectivity index (χ0n) is 9.71. The van der Waals surface area contributed by atoms with E-state index in [9.17, 15) is 0 Å². The molecule has 14 heavy (non-hydrogen) atoms. The zero-order chi connectivity index (χ0) is 10.4. The first-order valence-corrected chi connectivity index (χ1v) is 6.72. The lowest BCUT2D eigenvalue weighted by molar-refractivity contribution is 0.252. The first-order chi connectivity index (χ1) is 6.76. The maximum Gasteiger partial charge on any atom is 0.00148 e. The summed E-state index contributed by atoms with van der Waals surface area (Å²) >= 11 is 4.35. The van der Waals surface area contributed by atoms with Crippen LogP contribution < -0.4 is 0 Å². The minimum absolute atomic E-state index is 0.747. The lowest BCUT2D eigenvalue weighted by atomic mass is 9.98. The lowest BCUT2D eigenvalue weighted by Gasteiger charge is -2.23. The number of nitrogens with zero attached hydrogens (tertiary/aromatic N) is 1. The van der Waals surface area contributed by atoms with Crippen molar-refractivity contribution in [2.24, 2.45) is 11.8 Å². The number of hydrogen-bond donors (Lipinski definition) is 1. The summed E-state index contributed by atoms with van der Waals surface area (Å²) in [4.78, 5) is 2.64. The Morgan fingerprint density at radius 3 is 2.79 bits per heavy atom. The molecule has 0 aromatic heterocycles. The predicted molar refractivity (Wildman–Crippen MR) is 67.1 cm³/mol. The second-order valence-corrected chi connectivity index (χ2v) is 5.16. The van der Waals surface area contributed by atoms with Crippen molar-refractivity contribution in [1.82, 2.24) is 4.90 Å². The number of thiol groups is 1. The molecule has 1 aliphatic heterocycles. The molecule has 0 aromatic rings. The van der Waals surface area contributed by atoms with Gasteiger partial charge in [-0.25, -0.2) is 0 Å². The van der Waals surface area contributed by atoms with Gasteiger partial charge in [0.05, 0.1) is 0 Å². The van der Waals surface area contributed by atoms with Gasteiger partial charge >= 0.3 is 0 Å². The third-order valence-electron chi connectivity index (χ3n) is 3.40. The maximum atomic E-state index is 4.35. The number of likely N-dealkylation sites (tertiary alicyclic amines) is 1. The van der Waals surface area contributed by atoms with Crippen LogP contribution in [0.2, 0.25) is 0 Å². The van der Waals surface area contributed by atoms with Crippen LogP contribution in [-0.4, -0.2) is 30.3 Å². The first kappa shape index (κ1) is 12.4. The van der Waals surface area contributed by atoms with E-state index in [1.165, 1.54) is 45.3 Å². The maximum absolute atomic E-state index is 4.35. The van der Waals surface area contributed by atoms with Gasteiger partial charge in [0.15, 0.2) is 0 Å². The summed E-state index contributed by atoms with van der Waals surface area (Å²) in [5.41, 5.74) is 0. The molecule has 0 aliphatic carbocycles. The molecule has 1 nitrogen and oxygen atoms in total. The molecule has 2 heteroatoms. The molecule has 2 unspecified atom stereocenters. The summed E-state index contributed by atoms with van der Waals surface area (Å²) in [6.07, 6.45) is 5.63. The van der Waals surface area contributed by atoms with E-state index in [-0.39, 0.29) is 0 Å². The zero-order valence-corrected chi connectivity index (χ0v) is 10.6. The fraction of sp³-hybridized carbons (Fsp3) is 1.00. The summed E-state index contributed by atoms with van der Waals surface area (Å²) in [6, 6.07) is 0. The highest BCUT2D eigenvalue weighted by Gasteiger charge is 2.16. The number of hydrogen-bond acceptors (Lipinski definition) is 2. The van der Waals surface area contributed by atoms with Gasteiger partial charge in [-0.2, -0.15) is 12.6 Å². The SMILES string of the molecule is CCC1CCCN(CC(C)CS)CC1. The largest absolute Gasteiger partial charge is 0.303 e. The van der Waals surface area contributed by atoms with Gasteiger partial charge in [0.25, 0.3) is 0 Å². The van der Waals surface area contributed by atoms with Crippen molar-refractivity contribution < 1.29 is 0 Å². The van der Waals surface area contributed by atoms with Crippen LogP contribution >= 0.6 is 12.6 Å². The Morgan fingerprint density at radius 1 is 1.36 bits per heavy atom. The van der Waals surface area contributed by atoms with E-state index in [2.05, 4.69) is 31.4 Å². The van der Waals surface area contributed by atoms with Crippen LogP contribution in [0.25, 0.3) is 0 Å². The Morgan fingerprint density at radius 2 is 2.14 bits per heavy atom. The fourth-order valence-electron chi connectivity index (χ4n) is 2.31. The lowest BCUT2D eigenvalue weighted by Crippen LogP contribution is -2.30. The van der Waals surface area contributed by atoms with Crippen LogP contribution in [0.4, 0.5) is 0 Å². The Hall–Kier alpha value is 0.310. The molecule has 1 aliphatic rings. The summed E-state index contributed by atoms with van der Waals surface area (Å²) in [7, 11) is 0. The molecule has 2 atom stereocenters.